The molecule has 3 nitrogen and oxygen atoms in total. The van der Waals surface area contributed by atoms with Crippen molar-refractivity contribution in [3.8, 4) is 0 Å². The summed E-state index contributed by atoms with van der Waals surface area (Å²) in [7, 11) is 0. The number of nitrogens with zero attached hydrogens (tertiary/aromatic N) is 2. The zero-order valence-electron chi connectivity index (χ0n) is 13.4. The Morgan fingerprint density at radius 2 is 2.14 bits per heavy atom. The van der Waals surface area contributed by atoms with E-state index < -0.39 is 0 Å². The highest BCUT2D eigenvalue weighted by Crippen LogP contribution is 2.40. The van der Waals surface area contributed by atoms with Crippen LogP contribution in [0.3, 0.4) is 0 Å². The Labute approximate surface area is 131 Å². The van der Waals surface area contributed by atoms with Crippen LogP contribution in [0.1, 0.15) is 46.4 Å². The average Bonchev–Trinajstić information content (AvgIpc) is 2.94. The number of aromatic nitrogens is 2. The summed E-state index contributed by atoms with van der Waals surface area (Å²) in [5.74, 6) is 2.44. The summed E-state index contributed by atoms with van der Waals surface area (Å²) in [5.41, 5.74) is 8.98. The van der Waals surface area contributed by atoms with E-state index in [-0.39, 0.29) is 5.41 Å². The Hall–Kier alpha value is -1.16. The fourth-order valence-corrected chi connectivity index (χ4v) is 4.47. The second-order valence-corrected chi connectivity index (χ2v) is 9.10. The number of nitrogens with two attached hydrogens (primary N) is 1. The van der Waals surface area contributed by atoms with Gasteiger partial charge in [-0.1, -0.05) is 20.8 Å². The van der Waals surface area contributed by atoms with Crippen molar-refractivity contribution in [3.05, 3.63) is 24.0 Å². The molecule has 2 heterocycles. The van der Waals surface area contributed by atoms with E-state index in [1.54, 1.807) is 0 Å². The van der Waals surface area contributed by atoms with Gasteiger partial charge in [-0.25, -0.2) is 4.98 Å². The van der Waals surface area contributed by atoms with E-state index in [0.29, 0.717) is 4.75 Å². The summed E-state index contributed by atoms with van der Waals surface area (Å²) in [4.78, 5) is 4.89. The maximum atomic E-state index is 5.93. The summed E-state index contributed by atoms with van der Waals surface area (Å²) >= 11 is 2.10. The Balaban J connectivity index is 2.13. The van der Waals surface area contributed by atoms with Crippen molar-refractivity contribution >= 4 is 28.5 Å². The first-order valence-corrected chi connectivity index (χ1v) is 8.67. The molecule has 0 aliphatic carbocycles. The van der Waals surface area contributed by atoms with E-state index >= 15 is 0 Å². The SMILES string of the molecule is CC1(Cn2c(C(C)(C)C)nc3cc(N)ccc32)CCCS1. The van der Waals surface area contributed by atoms with Crippen LogP contribution in [0.2, 0.25) is 0 Å². The molecule has 0 radical (unpaired) electrons. The van der Waals surface area contributed by atoms with Crippen molar-refractivity contribution in [3.63, 3.8) is 0 Å². The molecule has 0 saturated carbocycles. The predicted molar refractivity (Wildman–Crippen MR) is 92.9 cm³/mol. The van der Waals surface area contributed by atoms with E-state index in [1.165, 1.54) is 24.1 Å². The smallest absolute Gasteiger partial charge is 0.115 e. The van der Waals surface area contributed by atoms with Gasteiger partial charge in [-0.05, 0) is 43.7 Å². The topological polar surface area (TPSA) is 43.8 Å². The van der Waals surface area contributed by atoms with Crippen LogP contribution in [0.15, 0.2) is 18.2 Å². The summed E-state index contributed by atoms with van der Waals surface area (Å²) in [5, 5.41) is 0. The Morgan fingerprint density at radius 3 is 2.76 bits per heavy atom. The van der Waals surface area contributed by atoms with Gasteiger partial charge in [0.15, 0.2) is 0 Å². The lowest BCUT2D eigenvalue weighted by molar-refractivity contribution is 0.456. The fourth-order valence-electron chi connectivity index (χ4n) is 3.18. The molecule has 3 rings (SSSR count). The minimum absolute atomic E-state index is 0.0351. The fraction of sp³-hybridized carbons (Fsp3) is 0.588. The number of benzene rings is 1. The Bertz CT molecular complexity index is 660. The standard InChI is InChI=1S/C17H25N3S/c1-16(2,3)15-19-13-10-12(18)6-7-14(13)20(15)11-17(4)8-5-9-21-17/h6-7,10H,5,8-9,11,18H2,1-4H3. The van der Waals surface area contributed by atoms with Crippen molar-refractivity contribution < 1.29 is 0 Å². The van der Waals surface area contributed by atoms with E-state index in [0.717, 1.165) is 23.6 Å². The third kappa shape index (κ3) is 2.78. The third-order valence-electron chi connectivity index (χ3n) is 4.24. The maximum Gasteiger partial charge on any atom is 0.115 e. The lowest BCUT2D eigenvalue weighted by Gasteiger charge is -2.28. The molecular weight excluding hydrogens is 278 g/mol. The van der Waals surface area contributed by atoms with Gasteiger partial charge in [-0.15, -0.1) is 0 Å². The lowest BCUT2D eigenvalue weighted by atomic mass is 9.95. The Kier molecular flexibility index (Phi) is 3.47. The average molecular weight is 303 g/mol. The van der Waals surface area contributed by atoms with Crippen LogP contribution in [0, 0.1) is 0 Å². The van der Waals surface area contributed by atoms with E-state index in [2.05, 4.69) is 50.1 Å². The second kappa shape index (κ2) is 4.94. The molecule has 1 unspecified atom stereocenters. The van der Waals surface area contributed by atoms with Crippen LogP contribution < -0.4 is 5.73 Å². The molecular formula is C17H25N3S. The monoisotopic (exact) mass is 303 g/mol. The minimum Gasteiger partial charge on any atom is -0.399 e. The number of nitrogen functional groups attached to an aromatic ring is 1. The van der Waals surface area contributed by atoms with Gasteiger partial charge in [0.25, 0.3) is 0 Å². The summed E-state index contributed by atoms with van der Waals surface area (Å²) in [6.45, 7) is 10.1. The van der Waals surface area contributed by atoms with Crippen LogP contribution in [0.4, 0.5) is 5.69 Å². The Morgan fingerprint density at radius 1 is 1.38 bits per heavy atom. The zero-order chi connectivity index (χ0) is 15.3. The second-order valence-electron chi connectivity index (χ2n) is 7.42. The maximum absolute atomic E-state index is 5.93. The van der Waals surface area contributed by atoms with Gasteiger partial charge in [-0.3, -0.25) is 0 Å². The van der Waals surface area contributed by atoms with Gasteiger partial charge in [0.2, 0.25) is 0 Å². The number of rotatable bonds is 2. The highest BCUT2D eigenvalue weighted by atomic mass is 32.2. The van der Waals surface area contributed by atoms with Gasteiger partial charge in [0.05, 0.1) is 11.0 Å². The third-order valence-corrected chi connectivity index (χ3v) is 5.76. The van der Waals surface area contributed by atoms with Gasteiger partial charge in [0, 0.05) is 22.4 Å². The molecule has 21 heavy (non-hydrogen) atoms. The molecule has 1 aromatic heterocycles. The van der Waals surface area contributed by atoms with Gasteiger partial charge in [-0.2, -0.15) is 11.8 Å². The van der Waals surface area contributed by atoms with E-state index in [9.17, 15) is 0 Å². The largest absolute Gasteiger partial charge is 0.399 e. The molecule has 2 aromatic rings. The molecule has 0 bridgehead atoms. The van der Waals surface area contributed by atoms with Crippen LogP contribution in [-0.2, 0) is 12.0 Å². The highest BCUT2D eigenvalue weighted by Gasteiger charge is 2.33. The van der Waals surface area contributed by atoms with E-state index in [4.69, 9.17) is 10.7 Å². The highest BCUT2D eigenvalue weighted by molar-refractivity contribution is 8.00. The molecule has 0 spiro atoms. The minimum atomic E-state index is 0.0351. The number of thioether (sulfide) groups is 1. The molecule has 114 valence electrons. The normalized spacial score (nSPS) is 23.0. The number of anilines is 1. The molecule has 1 aliphatic rings. The van der Waals surface area contributed by atoms with Crippen molar-refractivity contribution in [2.24, 2.45) is 0 Å². The van der Waals surface area contributed by atoms with Crippen molar-refractivity contribution in [2.75, 3.05) is 11.5 Å². The van der Waals surface area contributed by atoms with Gasteiger partial charge < -0.3 is 10.3 Å². The molecule has 1 fully saturated rings. The first kappa shape index (κ1) is 14.8. The molecule has 1 atom stereocenters. The zero-order valence-corrected chi connectivity index (χ0v) is 14.3. The van der Waals surface area contributed by atoms with Crippen LogP contribution in [0.25, 0.3) is 11.0 Å². The molecule has 1 saturated heterocycles. The molecule has 1 aliphatic heterocycles. The van der Waals surface area contributed by atoms with Crippen LogP contribution in [-0.4, -0.2) is 20.1 Å². The molecule has 0 amide bonds. The van der Waals surface area contributed by atoms with Crippen LogP contribution in [0.5, 0.6) is 0 Å². The number of imidazole rings is 1. The number of fused-ring (bicyclic) bond motifs is 1. The number of hydrogen-bond acceptors (Lipinski definition) is 3. The first-order valence-electron chi connectivity index (χ1n) is 7.69. The summed E-state index contributed by atoms with van der Waals surface area (Å²) in [6, 6.07) is 6.10. The number of hydrogen-bond donors (Lipinski definition) is 1. The lowest BCUT2D eigenvalue weighted by Crippen LogP contribution is -2.28. The van der Waals surface area contributed by atoms with Crippen molar-refractivity contribution in [1.29, 1.82) is 0 Å². The summed E-state index contributed by atoms with van der Waals surface area (Å²) in [6.07, 6.45) is 2.61. The summed E-state index contributed by atoms with van der Waals surface area (Å²) < 4.78 is 2.75. The van der Waals surface area contributed by atoms with Crippen molar-refractivity contribution in [2.45, 2.75) is 57.2 Å². The molecule has 1 aromatic carbocycles. The predicted octanol–water partition coefficient (Wildman–Crippen LogP) is 4.20. The van der Waals surface area contributed by atoms with Gasteiger partial charge in [0.1, 0.15) is 5.82 Å². The molecule has 4 heteroatoms. The molecule has 2 N–H and O–H groups in total. The quantitative estimate of drug-likeness (QED) is 0.846. The van der Waals surface area contributed by atoms with E-state index in [1.807, 2.05) is 12.1 Å². The van der Waals surface area contributed by atoms with Crippen LogP contribution >= 0.6 is 11.8 Å². The van der Waals surface area contributed by atoms with Crippen molar-refractivity contribution in [1.82, 2.24) is 9.55 Å². The first-order chi connectivity index (χ1) is 9.78. The van der Waals surface area contributed by atoms with Gasteiger partial charge >= 0.3 is 0 Å².